The molecule has 2 amide bonds. The summed E-state index contributed by atoms with van der Waals surface area (Å²) in [5, 5.41) is 6.60. The lowest BCUT2D eigenvalue weighted by atomic mass is 10.1. The van der Waals surface area contributed by atoms with Crippen LogP contribution in [-0.4, -0.2) is 44.6 Å². The van der Waals surface area contributed by atoms with Crippen molar-refractivity contribution in [2.75, 3.05) is 20.3 Å². The van der Waals surface area contributed by atoms with Crippen molar-refractivity contribution in [2.45, 2.75) is 26.3 Å². The number of methoxy groups -OCH3 is 1. The Morgan fingerprint density at radius 3 is 2.50 bits per heavy atom. The van der Waals surface area contributed by atoms with Gasteiger partial charge in [-0.05, 0) is 31.5 Å². The summed E-state index contributed by atoms with van der Waals surface area (Å²) in [5.74, 6) is 0.632. The molecule has 0 aliphatic heterocycles. The second kappa shape index (κ2) is 12.1. The first-order chi connectivity index (χ1) is 14.6. The average molecular weight is 413 g/mol. The standard InChI is InChI=1S/C22H27N3O5/c1-4-29-20-17(12-9-13-19(20)28-3)15-23-25-21(26)18(24-22(27)30-5-2)14-16-10-7-6-8-11-16/h6-13,15,18H,4-5,14H2,1-3H3,(H,24,27)(H,25,26)/b23-15-/t18-/m0/s1. The maximum Gasteiger partial charge on any atom is 0.407 e. The van der Waals surface area contributed by atoms with E-state index in [4.69, 9.17) is 14.2 Å². The van der Waals surface area contributed by atoms with E-state index in [-0.39, 0.29) is 6.61 Å². The molecule has 2 aromatic carbocycles. The molecule has 0 saturated carbocycles. The number of benzene rings is 2. The zero-order valence-corrected chi connectivity index (χ0v) is 17.4. The van der Waals surface area contributed by atoms with Crippen LogP contribution in [0.25, 0.3) is 0 Å². The minimum Gasteiger partial charge on any atom is -0.493 e. The number of carbonyl (C=O) groups excluding carboxylic acids is 2. The second-order valence-corrected chi connectivity index (χ2v) is 6.15. The Hall–Kier alpha value is -3.55. The van der Waals surface area contributed by atoms with Gasteiger partial charge in [-0.1, -0.05) is 36.4 Å². The topological polar surface area (TPSA) is 98.2 Å². The van der Waals surface area contributed by atoms with Crippen LogP contribution in [0.3, 0.4) is 0 Å². The van der Waals surface area contributed by atoms with Crippen LogP contribution >= 0.6 is 0 Å². The lowest BCUT2D eigenvalue weighted by molar-refractivity contribution is -0.123. The second-order valence-electron chi connectivity index (χ2n) is 6.15. The summed E-state index contributed by atoms with van der Waals surface area (Å²) >= 11 is 0. The van der Waals surface area contributed by atoms with Gasteiger partial charge in [0.15, 0.2) is 11.5 Å². The number of carbonyl (C=O) groups is 2. The number of hydrogen-bond donors (Lipinski definition) is 2. The molecule has 160 valence electrons. The third-order valence-corrected chi connectivity index (χ3v) is 4.06. The van der Waals surface area contributed by atoms with Crippen molar-refractivity contribution in [1.29, 1.82) is 0 Å². The lowest BCUT2D eigenvalue weighted by Crippen LogP contribution is -2.47. The number of amides is 2. The molecule has 0 spiro atoms. The molecule has 2 rings (SSSR count). The molecule has 0 aliphatic rings. The largest absolute Gasteiger partial charge is 0.493 e. The van der Waals surface area contributed by atoms with Crippen LogP contribution in [0, 0.1) is 0 Å². The van der Waals surface area contributed by atoms with Crippen molar-refractivity contribution in [2.24, 2.45) is 5.10 Å². The van der Waals surface area contributed by atoms with Crippen LogP contribution in [-0.2, 0) is 16.0 Å². The average Bonchev–Trinajstić information content (AvgIpc) is 2.75. The predicted molar refractivity (Wildman–Crippen MR) is 114 cm³/mol. The summed E-state index contributed by atoms with van der Waals surface area (Å²) in [6.45, 7) is 4.22. The van der Waals surface area contributed by atoms with Crippen molar-refractivity contribution >= 4 is 18.2 Å². The van der Waals surface area contributed by atoms with Gasteiger partial charge < -0.3 is 19.5 Å². The van der Waals surface area contributed by atoms with Crippen LogP contribution < -0.4 is 20.2 Å². The van der Waals surface area contributed by atoms with Gasteiger partial charge in [0.05, 0.1) is 26.5 Å². The number of hydrazone groups is 1. The molecule has 8 heteroatoms. The van der Waals surface area contributed by atoms with Gasteiger partial charge >= 0.3 is 6.09 Å². The number of rotatable bonds is 10. The van der Waals surface area contributed by atoms with E-state index in [1.165, 1.54) is 6.21 Å². The Labute approximate surface area is 176 Å². The van der Waals surface area contributed by atoms with Gasteiger partial charge in [0.1, 0.15) is 6.04 Å². The van der Waals surface area contributed by atoms with Crippen LogP contribution in [0.15, 0.2) is 53.6 Å². The van der Waals surface area contributed by atoms with E-state index in [1.54, 1.807) is 32.2 Å². The van der Waals surface area contributed by atoms with Gasteiger partial charge in [-0.25, -0.2) is 10.2 Å². The summed E-state index contributed by atoms with van der Waals surface area (Å²) in [4.78, 5) is 24.5. The first kappa shape index (κ1) is 22.7. The normalized spacial score (nSPS) is 11.6. The highest BCUT2D eigenvalue weighted by atomic mass is 16.5. The summed E-state index contributed by atoms with van der Waals surface area (Å²) in [6.07, 6.45) is 1.10. The molecule has 0 fully saturated rings. The fraction of sp³-hybridized carbons (Fsp3) is 0.318. The van der Waals surface area contributed by atoms with Crippen LogP contribution in [0.4, 0.5) is 4.79 Å². The van der Waals surface area contributed by atoms with E-state index in [9.17, 15) is 9.59 Å². The van der Waals surface area contributed by atoms with Crippen LogP contribution in [0.1, 0.15) is 25.0 Å². The molecular weight excluding hydrogens is 386 g/mol. The van der Waals surface area contributed by atoms with Gasteiger partial charge in [0, 0.05) is 12.0 Å². The third-order valence-electron chi connectivity index (χ3n) is 4.06. The molecule has 0 unspecified atom stereocenters. The zero-order chi connectivity index (χ0) is 21.8. The molecule has 1 atom stereocenters. The maximum atomic E-state index is 12.7. The van der Waals surface area contributed by atoms with Gasteiger partial charge in [0.25, 0.3) is 5.91 Å². The Bertz CT molecular complexity index is 855. The van der Waals surface area contributed by atoms with Crippen LogP contribution in [0.5, 0.6) is 11.5 Å². The fourth-order valence-corrected chi connectivity index (χ4v) is 2.71. The van der Waals surface area contributed by atoms with E-state index in [0.717, 1.165) is 5.56 Å². The van der Waals surface area contributed by atoms with Crippen molar-refractivity contribution in [3.8, 4) is 11.5 Å². The molecule has 0 radical (unpaired) electrons. The monoisotopic (exact) mass is 413 g/mol. The lowest BCUT2D eigenvalue weighted by Gasteiger charge is -2.17. The van der Waals surface area contributed by atoms with Crippen LogP contribution in [0.2, 0.25) is 0 Å². The Kier molecular flexibility index (Phi) is 9.18. The Morgan fingerprint density at radius 2 is 1.83 bits per heavy atom. The van der Waals surface area contributed by atoms with Crippen molar-refractivity contribution in [1.82, 2.24) is 10.7 Å². The highest BCUT2D eigenvalue weighted by Gasteiger charge is 2.21. The molecule has 0 bridgehead atoms. The number of alkyl carbamates (subject to hydrolysis) is 1. The highest BCUT2D eigenvalue weighted by molar-refractivity contribution is 5.89. The predicted octanol–water partition coefficient (Wildman–Crippen LogP) is 2.90. The SMILES string of the molecule is CCOC(=O)N[C@@H](Cc1ccccc1)C(=O)N/N=C\c1cccc(OC)c1OCC. The highest BCUT2D eigenvalue weighted by Crippen LogP contribution is 2.29. The van der Waals surface area contributed by atoms with E-state index in [0.29, 0.717) is 30.1 Å². The minimum atomic E-state index is -0.847. The molecule has 0 aromatic heterocycles. The van der Waals surface area contributed by atoms with Gasteiger partial charge in [-0.2, -0.15) is 5.10 Å². The molecule has 0 saturated heterocycles. The molecular formula is C22H27N3O5. The van der Waals surface area contributed by atoms with Crippen molar-refractivity contribution in [3.63, 3.8) is 0 Å². The molecule has 2 aromatic rings. The van der Waals surface area contributed by atoms with Gasteiger partial charge in [0.2, 0.25) is 0 Å². The quantitative estimate of drug-likeness (QED) is 0.461. The zero-order valence-electron chi connectivity index (χ0n) is 17.4. The number of nitrogens with zero attached hydrogens (tertiary/aromatic N) is 1. The molecule has 0 heterocycles. The summed E-state index contributed by atoms with van der Waals surface area (Å²) in [7, 11) is 1.55. The molecule has 8 nitrogen and oxygen atoms in total. The summed E-state index contributed by atoms with van der Waals surface area (Å²) < 4.78 is 15.8. The first-order valence-corrected chi connectivity index (χ1v) is 9.68. The van der Waals surface area contributed by atoms with Crippen molar-refractivity contribution in [3.05, 3.63) is 59.7 Å². The smallest absolute Gasteiger partial charge is 0.407 e. The van der Waals surface area contributed by atoms with E-state index in [1.807, 2.05) is 37.3 Å². The molecule has 30 heavy (non-hydrogen) atoms. The van der Waals surface area contributed by atoms with Crippen molar-refractivity contribution < 1.29 is 23.8 Å². The molecule has 2 N–H and O–H groups in total. The number of para-hydroxylation sites is 1. The summed E-state index contributed by atoms with van der Waals surface area (Å²) in [6, 6.07) is 13.9. The van der Waals surface area contributed by atoms with Gasteiger partial charge in [-0.15, -0.1) is 0 Å². The Morgan fingerprint density at radius 1 is 1.07 bits per heavy atom. The minimum absolute atomic E-state index is 0.208. The number of hydrogen-bond acceptors (Lipinski definition) is 6. The fourth-order valence-electron chi connectivity index (χ4n) is 2.71. The third kappa shape index (κ3) is 6.80. The number of nitrogens with one attached hydrogen (secondary N) is 2. The van der Waals surface area contributed by atoms with E-state index >= 15 is 0 Å². The first-order valence-electron chi connectivity index (χ1n) is 9.68. The number of ether oxygens (including phenoxy) is 3. The van der Waals surface area contributed by atoms with E-state index in [2.05, 4.69) is 15.8 Å². The summed E-state index contributed by atoms with van der Waals surface area (Å²) in [5.41, 5.74) is 4.01. The van der Waals surface area contributed by atoms with Gasteiger partial charge in [-0.3, -0.25) is 4.79 Å². The molecule has 0 aliphatic carbocycles. The maximum absolute atomic E-state index is 12.7. The Balaban J connectivity index is 2.12. The van der Waals surface area contributed by atoms with E-state index < -0.39 is 18.0 Å².